The van der Waals surface area contributed by atoms with Gasteiger partial charge >= 0.3 is 0 Å². The van der Waals surface area contributed by atoms with Crippen LogP contribution in [-0.4, -0.2) is 93.4 Å². The van der Waals surface area contributed by atoms with E-state index < -0.39 is 6.17 Å². The molecule has 0 amide bonds. The van der Waals surface area contributed by atoms with Crippen LogP contribution in [0.2, 0.25) is 0 Å². The summed E-state index contributed by atoms with van der Waals surface area (Å²) in [4.78, 5) is 0. The molecule has 0 spiro atoms. The molecule has 0 bridgehead atoms. The van der Waals surface area contributed by atoms with E-state index in [1.54, 1.807) is 0 Å². The van der Waals surface area contributed by atoms with Gasteiger partial charge in [0.2, 0.25) is 0 Å². The number of quaternary nitrogens is 2. The Morgan fingerprint density at radius 2 is 1.51 bits per heavy atom. The number of nitrogens with zero attached hydrogens (tertiary/aromatic N) is 3. The van der Waals surface area contributed by atoms with Gasteiger partial charge in [0, 0.05) is 29.7 Å². The molecule has 3 aliphatic rings. The largest absolute Gasteiger partial charge is 0.331 e. The molecule has 3 nitrogen and oxygen atoms in total. The molecule has 0 aromatic heterocycles. The highest BCUT2D eigenvalue weighted by atomic mass is 19.1. The van der Waals surface area contributed by atoms with Gasteiger partial charge in [-0.1, -0.05) is 79.6 Å². The van der Waals surface area contributed by atoms with E-state index in [1.165, 1.54) is 47.4 Å². The quantitative estimate of drug-likeness (QED) is 0.125. The van der Waals surface area contributed by atoms with Gasteiger partial charge in [0.25, 0.3) is 0 Å². The average Bonchev–Trinajstić information content (AvgIpc) is 3.25. The van der Waals surface area contributed by atoms with Gasteiger partial charge in [0.15, 0.2) is 11.8 Å². The number of aryl methyl sites for hydroxylation is 1. The summed E-state index contributed by atoms with van der Waals surface area (Å²) in [5.41, 5.74) is 7.31. The summed E-state index contributed by atoms with van der Waals surface area (Å²) in [7, 11) is 13.7. The molecule has 4 rings (SSSR count). The number of fused-ring (bicyclic) bond motifs is 2. The smallest absolute Gasteiger partial charge is 0.182 e. The molecule has 1 fully saturated rings. The third-order valence-corrected chi connectivity index (χ3v) is 10.9. The highest BCUT2D eigenvalue weighted by Crippen LogP contribution is 2.52. The molecule has 0 N–H and O–H groups in total. The second kappa shape index (κ2) is 13.8. The molecular formula is C41H65FN3+3. The maximum absolute atomic E-state index is 14.6. The van der Waals surface area contributed by atoms with E-state index in [1.807, 2.05) is 0 Å². The van der Waals surface area contributed by atoms with Gasteiger partial charge in [-0.15, -0.1) is 0 Å². The Morgan fingerprint density at radius 1 is 0.867 bits per heavy atom. The number of rotatable bonds is 12. The first-order valence-electron chi connectivity index (χ1n) is 17.6. The topological polar surface area (TPSA) is 3.01 Å². The van der Waals surface area contributed by atoms with E-state index in [4.69, 9.17) is 0 Å². The second-order valence-electron chi connectivity index (χ2n) is 17.4. The van der Waals surface area contributed by atoms with Crippen molar-refractivity contribution in [3.8, 4) is 0 Å². The van der Waals surface area contributed by atoms with E-state index in [2.05, 4.69) is 142 Å². The van der Waals surface area contributed by atoms with Crippen LogP contribution in [-0.2, 0) is 5.41 Å². The minimum Gasteiger partial charge on any atom is -0.331 e. The fourth-order valence-corrected chi connectivity index (χ4v) is 8.48. The van der Waals surface area contributed by atoms with Gasteiger partial charge in [-0.2, -0.15) is 0 Å². The number of hydrogen-bond acceptors (Lipinski definition) is 0. The third-order valence-electron chi connectivity index (χ3n) is 10.9. The predicted molar refractivity (Wildman–Crippen MR) is 192 cm³/mol. The molecule has 248 valence electrons. The number of hydrogen-bond donors (Lipinski definition) is 0. The van der Waals surface area contributed by atoms with Crippen molar-refractivity contribution in [2.45, 2.75) is 96.7 Å². The number of benzene rings is 1. The fraction of sp³-hybridized carbons (Fsp3) is 0.634. The van der Waals surface area contributed by atoms with E-state index >= 15 is 0 Å². The summed E-state index contributed by atoms with van der Waals surface area (Å²) in [5, 5.41) is 0. The minimum absolute atomic E-state index is 0.0150. The van der Waals surface area contributed by atoms with Crippen LogP contribution in [0.3, 0.4) is 0 Å². The summed E-state index contributed by atoms with van der Waals surface area (Å²) < 4.78 is 19.2. The zero-order valence-corrected chi connectivity index (χ0v) is 30.7. The molecule has 1 heterocycles. The summed E-state index contributed by atoms with van der Waals surface area (Å²) in [6.07, 6.45) is 21.0. The molecule has 45 heavy (non-hydrogen) atoms. The highest BCUT2D eigenvalue weighted by Gasteiger charge is 2.55. The molecule has 1 aromatic carbocycles. The Labute approximate surface area is 276 Å². The van der Waals surface area contributed by atoms with Crippen LogP contribution in [0, 0.1) is 18.3 Å². The van der Waals surface area contributed by atoms with E-state index in [0.29, 0.717) is 30.7 Å². The van der Waals surface area contributed by atoms with Gasteiger partial charge in [-0.05, 0) is 57.6 Å². The van der Waals surface area contributed by atoms with Crippen LogP contribution < -0.4 is 0 Å². The van der Waals surface area contributed by atoms with Crippen molar-refractivity contribution in [2.24, 2.45) is 11.3 Å². The minimum atomic E-state index is -0.653. The SMILES string of the molecule is Cc1ccc2c(c1)C(C)(C)\C(=C/C=C/C=C/C=C/C1=[N+](CCC[N+](C)(C)C)C3CCC(F)CC3C1(C)C)C2CCC[N+](C)(C)C. The van der Waals surface area contributed by atoms with E-state index in [-0.39, 0.29) is 10.8 Å². The Balaban J connectivity index is 1.51. The lowest BCUT2D eigenvalue weighted by atomic mass is 9.68. The van der Waals surface area contributed by atoms with Gasteiger partial charge in [0.05, 0.1) is 67.2 Å². The normalized spacial score (nSPS) is 27.4. The zero-order chi connectivity index (χ0) is 33.2. The maximum atomic E-state index is 14.6. The van der Waals surface area contributed by atoms with E-state index in [9.17, 15) is 4.39 Å². The second-order valence-corrected chi connectivity index (χ2v) is 17.4. The first kappa shape index (κ1) is 35.6. The average molecular weight is 619 g/mol. The molecular weight excluding hydrogens is 553 g/mol. The summed E-state index contributed by atoms with van der Waals surface area (Å²) in [6.45, 7) is 15.1. The van der Waals surface area contributed by atoms with Crippen molar-refractivity contribution in [1.82, 2.24) is 0 Å². The number of allylic oxidation sites excluding steroid dienone is 8. The third kappa shape index (κ3) is 8.55. The molecule has 4 unspecified atom stereocenters. The number of alkyl halides is 1. The van der Waals surface area contributed by atoms with Crippen molar-refractivity contribution in [1.29, 1.82) is 0 Å². The molecule has 0 radical (unpaired) electrons. The summed E-state index contributed by atoms with van der Waals surface area (Å²) in [5.74, 6) is 0.866. The van der Waals surface area contributed by atoms with E-state index in [0.717, 1.165) is 34.9 Å². The van der Waals surface area contributed by atoms with Gasteiger partial charge in [0.1, 0.15) is 12.7 Å². The molecule has 1 saturated carbocycles. The van der Waals surface area contributed by atoms with Crippen LogP contribution in [0.25, 0.3) is 0 Å². The monoisotopic (exact) mass is 619 g/mol. The Bertz CT molecular complexity index is 1340. The molecule has 0 saturated heterocycles. The van der Waals surface area contributed by atoms with Gasteiger partial charge in [-0.3, -0.25) is 0 Å². The first-order chi connectivity index (χ1) is 20.9. The summed E-state index contributed by atoms with van der Waals surface area (Å²) in [6, 6.07) is 7.55. The molecule has 2 aliphatic carbocycles. The van der Waals surface area contributed by atoms with Crippen molar-refractivity contribution in [3.05, 3.63) is 83.0 Å². The van der Waals surface area contributed by atoms with Crippen molar-refractivity contribution < 1.29 is 17.9 Å². The van der Waals surface area contributed by atoms with Crippen LogP contribution in [0.4, 0.5) is 4.39 Å². The van der Waals surface area contributed by atoms with Crippen LogP contribution >= 0.6 is 0 Å². The Morgan fingerprint density at radius 3 is 2.20 bits per heavy atom. The lowest BCUT2D eigenvalue weighted by molar-refractivity contribution is -0.871. The van der Waals surface area contributed by atoms with Crippen LogP contribution in [0.1, 0.15) is 88.8 Å². The van der Waals surface area contributed by atoms with Gasteiger partial charge < -0.3 is 8.97 Å². The zero-order valence-electron chi connectivity index (χ0n) is 30.7. The fourth-order valence-electron chi connectivity index (χ4n) is 8.48. The predicted octanol–water partition coefficient (Wildman–Crippen LogP) is 8.55. The number of halogens is 1. The van der Waals surface area contributed by atoms with Crippen molar-refractivity contribution in [3.63, 3.8) is 0 Å². The highest BCUT2D eigenvalue weighted by molar-refractivity contribution is 5.96. The lowest BCUT2D eigenvalue weighted by Gasteiger charge is -2.32. The molecule has 1 aromatic rings. The molecule has 4 heteroatoms. The summed E-state index contributed by atoms with van der Waals surface area (Å²) >= 11 is 0. The first-order valence-corrected chi connectivity index (χ1v) is 17.6. The van der Waals surface area contributed by atoms with Crippen molar-refractivity contribution in [2.75, 3.05) is 61.9 Å². The van der Waals surface area contributed by atoms with Crippen LogP contribution in [0.15, 0.2) is 66.3 Å². The van der Waals surface area contributed by atoms with Crippen LogP contribution in [0.5, 0.6) is 0 Å². The molecule has 4 atom stereocenters. The molecule has 1 aliphatic heterocycles. The Hall–Kier alpha value is -2.30. The van der Waals surface area contributed by atoms with Crippen molar-refractivity contribution >= 4 is 5.71 Å². The lowest BCUT2D eigenvalue weighted by Crippen LogP contribution is -2.40. The van der Waals surface area contributed by atoms with Gasteiger partial charge in [-0.25, -0.2) is 8.97 Å². The standard InChI is InChI=1S/C41H65FN3/c1-31-22-24-34-33(19-17-27-44(6,7)8)35(40(2,3)36(34)29-31)20-15-13-12-14-16-21-39-41(4,5)37-30-32(42)23-25-38(37)43(39)26-18-28-45(9,10)11/h12-16,20-22,24,29,32-33,37-38H,17-19,23,25-28,30H2,1-11H3/q+3/b14-12+,15-13+,21-16+,35-20-. The Kier molecular flexibility index (Phi) is 10.9. The maximum Gasteiger partial charge on any atom is 0.182 e.